The van der Waals surface area contributed by atoms with Crippen LogP contribution in [-0.2, 0) is 4.79 Å². The molecule has 11 heteroatoms. The maximum Gasteiger partial charge on any atom is 0.317 e. The van der Waals surface area contributed by atoms with Gasteiger partial charge in [-0.15, -0.1) is 0 Å². The summed E-state index contributed by atoms with van der Waals surface area (Å²) in [6, 6.07) is 18.5. The third kappa shape index (κ3) is 7.44. The SMILES string of the molecule is N#Cc1cc(C(=O)N(CC(N)=O)C[C@@H](CCN2CCC(N3CCCNC3=O)CC2)c2ccc(Cl)c(Cl)c2)c2ccccc2c1. The molecule has 0 aliphatic carbocycles. The Kier molecular flexibility index (Phi) is 10.3. The first-order chi connectivity index (χ1) is 21.2. The maximum absolute atomic E-state index is 14.1. The molecule has 0 spiro atoms. The first-order valence-electron chi connectivity index (χ1n) is 15.0. The highest BCUT2D eigenvalue weighted by Crippen LogP contribution is 2.31. The number of halogens is 2. The molecule has 0 radical (unpaired) electrons. The lowest BCUT2D eigenvalue weighted by molar-refractivity contribution is -0.118. The highest BCUT2D eigenvalue weighted by atomic mass is 35.5. The van der Waals surface area contributed by atoms with E-state index in [1.54, 1.807) is 18.2 Å². The smallest absolute Gasteiger partial charge is 0.317 e. The summed E-state index contributed by atoms with van der Waals surface area (Å²) < 4.78 is 0. The molecule has 2 aliphatic rings. The van der Waals surface area contributed by atoms with E-state index >= 15 is 0 Å². The molecule has 0 bridgehead atoms. The Hall–Kier alpha value is -3.84. The van der Waals surface area contributed by atoms with Crippen molar-refractivity contribution >= 4 is 51.8 Å². The molecular formula is C33H36Cl2N6O3. The highest BCUT2D eigenvalue weighted by molar-refractivity contribution is 6.42. The van der Waals surface area contributed by atoms with Crippen molar-refractivity contribution in [3.8, 4) is 6.07 Å². The number of hydrogen-bond donors (Lipinski definition) is 2. The van der Waals surface area contributed by atoms with E-state index in [9.17, 15) is 19.6 Å². The summed E-state index contributed by atoms with van der Waals surface area (Å²) in [4.78, 5) is 44.5. The third-order valence-corrected chi connectivity index (χ3v) is 9.35. The van der Waals surface area contributed by atoms with Crippen LogP contribution in [0.2, 0.25) is 10.0 Å². The summed E-state index contributed by atoms with van der Waals surface area (Å²) in [6.07, 6.45) is 3.46. The second-order valence-corrected chi connectivity index (χ2v) is 12.3. The van der Waals surface area contributed by atoms with Gasteiger partial charge in [0.1, 0.15) is 0 Å². The van der Waals surface area contributed by atoms with Gasteiger partial charge in [-0.05, 0) is 72.8 Å². The summed E-state index contributed by atoms with van der Waals surface area (Å²) in [7, 11) is 0. The molecule has 4 amide bonds. The number of benzene rings is 3. The number of carbonyl (C=O) groups is 3. The predicted molar refractivity (Wildman–Crippen MR) is 172 cm³/mol. The molecule has 0 saturated carbocycles. The van der Waals surface area contributed by atoms with E-state index in [2.05, 4.69) is 16.3 Å². The number of nitriles is 1. The normalized spacial score (nSPS) is 16.8. The van der Waals surface area contributed by atoms with Gasteiger partial charge in [0, 0.05) is 50.2 Å². The van der Waals surface area contributed by atoms with Gasteiger partial charge in [-0.1, -0.05) is 53.5 Å². The summed E-state index contributed by atoms with van der Waals surface area (Å²) in [5.41, 5.74) is 7.25. The summed E-state index contributed by atoms with van der Waals surface area (Å²) in [5, 5.41) is 14.9. The average molecular weight is 636 g/mol. The van der Waals surface area contributed by atoms with Crippen molar-refractivity contribution in [1.82, 2.24) is 20.0 Å². The van der Waals surface area contributed by atoms with Crippen LogP contribution in [-0.4, -0.2) is 84.4 Å². The van der Waals surface area contributed by atoms with Gasteiger partial charge in [-0.2, -0.15) is 5.26 Å². The van der Waals surface area contributed by atoms with Crippen molar-refractivity contribution in [2.24, 2.45) is 5.73 Å². The number of primary amides is 1. The maximum atomic E-state index is 14.1. The second kappa shape index (κ2) is 14.3. The Morgan fingerprint density at radius 3 is 2.55 bits per heavy atom. The molecule has 1 atom stereocenters. The number of likely N-dealkylation sites (tertiary alicyclic amines) is 1. The average Bonchev–Trinajstić information content (AvgIpc) is 3.03. The number of nitrogens with two attached hydrogens (primary N) is 1. The van der Waals surface area contributed by atoms with Crippen molar-refractivity contribution in [1.29, 1.82) is 5.26 Å². The monoisotopic (exact) mass is 634 g/mol. The molecule has 2 fully saturated rings. The lowest BCUT2D eigenvalue weighted by Gasteiger charge is -2.40. The van der Waals surface area contributed by atoms with Crippen LogP contribution in [0.1, 0.15) is 53.1 Å². The van der Waals surface area contributed by atoms with E-state index in [0.717, 1.165) is 62.9 Å². The molecule has 9 nitrogen and oxygen atoms in total. The number of urea groups is 1. The van der Waals surface area contributed by atoms with Crippen LogP contribution in [0.25, 0.3) is 10.8 Å². The number of carbonyl (C=O) groups excluding carboxylic acids is 3. The fraction of sp³-hybridized carbons (Fsp3) is 0.394. The zero-order valence-electron chi connectivity index (χ0n) is 24.5. The van der Waals surface area contributed by atoms with E-state index in [1.165, 1.54) is 4.90 Å². The molecule has 2 saturated heterocycles. The molecule has 2 heterocycles. The molecule has 2 aliphatic heterocycles. The number of piperidine rings is 1. The van der Waals surface area contributed by atoms with Crippen molar-refractivity contribution in [2.75, 3.05) is 45.8 Å². The van der Waals surface area contributed by atoms with Crippen molar-refractivity contribution in [2.45, 2.75) is 37.6 Å². The lowest BCUT2D eigenvalue weighted by atomic mass is 9.93. The quantitative estimate of drug-likeness (QED) is 0.325. The molecule has 0 aromatic heterocycles. The molecular weight excluding hydrogens is 599 g/mol. The molecule has 44 heavy (non-hydrogen) atoms. The van der Waals surface area contributed by atoms with Crippen LogP contribution in [0, 0.1) is 11.3 Å². The van der Waals surface area contributed by atoms with Crippen LogP contribution >= 0.6 is 23.2 Å². The molecule has 3 aromatic carbocycles. The Morgan fingerprint density at radius 2 is 1.84 bits per heavy atom. The van der Waals surface area contributed by atoms with E-state index in [4.69, 9.17) is 28.9 Å². The van der Waals surface area contributed by atoms with Crippen LogP contribution in [0.3, 0.4) is 0 Å². The van der Waals surface area contributed by atoms with Gasteiger partial charge >= 0.3 is 6.03 Å². The Morgan fingerprint density at radius 1 is 1.07 bits per heavy atom. The number of nitrogens with zero attached hydrogens (tertiary/aromatic N) is 4. The number of fused-ring (bicyclic) bond motifs is 1. The van der Waals surface area contributed by atoms with Gasteiger partial charge in [-0.3, -0.25) is 9.59 Å². The molecule has 0 unspecified atom stereocenters. The minimum absolute atomic E-state index is 0.0293. The van der Waals surface area contributed by atoms with Gasteiger partial charge in [-0.25, -0.2) is 4.79 Å². The van der Waals surface area contributed by atoms with Gasteiger partial charge in [0.25, 0.3) is 5.91 Å². The minimum atomic E-state index is -0.629. The van der Waals surface area contributed by atoms with Crippen molar-refractivity contribution < 1.29 is 14.4 Å². The predicted octanol–water partition coefficient (Wildman–Crippen LogP) is 5.00. The Balaban J connectivity index is 1.36. The third-order valence-electron chi connectivity index (χ3n) is 8.62. The Bertz CT molecular complexity index is 1580. The summed E-state index contributed by atoms with van der Waals surface area (Å²) >= 11 is 12.7. The fourth-order valence-corrected chi connectivity index (χ4v) is 6.62. The first-order valence-corrected chi connectivity index (χ1v) is 15.7. The van der Waals surface area contributed by atoms with Gasteiger partial charge in [0.2, 0.25) is 5.91 Å². The number of hydrogen-bond acceptors (Lipinski definition) is 5. The number of rotatable bonds is 10. The van der Waals surface area contributed by atoms with Gasteiger partial charge < -0.3 is 25.8 Å². The Labute approximate surface area is 267 Å². The van der Waals surface area contributed by atoms with Crippen LogP contribution in [0.5, 0.6) is 0 Å². The van der Waals surface area contributed by atoms with E-state index in [1.807, 2.05) is 41.3 Å². The van der Waals surface area contributed by atoms with Crippen molar-refractivity contribution in [3.05, 3.63) is 81.3 Å². The van der Waals surface area contributed by atoms with Crippen molar-refractivity contribution in [3.63, 3.8) is 0 Å². The van der Waals surface area contributed by atoms with Gasteiger partial charge in [0.15, 0.2) is 0 Å². The van der Waals surface area contributed by atoms with E-state index in [-0.39, 0.29) is 37.0 Å². The standard InChI is InChI=1S/C33H36Cl2N6O3/c34-29-7-6-23(18-30(29)35)25(8-13-39-14-9-26(10-15-39)41-12-3-11-38-33(41)44)20-40(21-31(37)42)32(43)28-17-22(19-36)16-24-4-1-2-5-27(24)28/h1-2,4-7,16-18,25-26H,3,8-15,20-21H2,(H2,37,42)(H,38,44)/t25-/m1/s1. The largest absolute Gasteiger partial charge is 0.368 e. The summed E-state index contributed by atoms with van der Waals surface area (Å²) in [6.45, 7) is 3.96. The zero-order chi connectivity index (χ0) is 31.2. The molecule has 5 rings (SSSR count). The number of amides is 4. The fourth-order valence-electron chi connectivity index (χ4n) is 6.31. The zero-order valence-corrected chi connectivity index (χ0v) is 26.0. The summed E-state index contributed by atoms with van der Waals surface area (Å²) in [5.74, 6) is -1.18. The van der Waals surface area contributed by atoms with Crippen LogP contribution < -0.4 is 11.1 Å². The molecule has 3 N–H and O–H groups in total. The van der Waals surface area contributed by atoms with E-state index in [0.29, 0.717) is 33.0 Å². The lowest BCUT2D eigenvalue weighted by Crippen LogP contribution is -2.54. The number of nitrogens with one attached hydrogen (secondary N) is 1. The highest BCUT2D eigenvalue weighted by Gasteiger charge is 2.30. The minimum Gasteiger partial charge on any atom is -0.368 e. The molecule has 230 valence electrons. The topological polar surface area (TPSA) is 123 Å². The second-order valence-electron chi connectivity index (χ2n) is 11.5. The van der Waals surface area contributed by atoms with Crippen LogP contribution in [0.4, 0.5) is 4.79 Å². The van der Waals surface area contributed by atoms with E-state index < -0.39 is 5.91 Å². The van der Waals surface area contributed by atoms with Gasteiger partial charge in [0.05, 0.1) is 28.2 Å². The van der Waals surface area contributed by atoms with Crippen LogP contribution in [0.15, 0.2) is 54.6 Å². The molecule has 3 aromatic rings. The first kappa shape index (κ1) is 31.6.